The molecule has 0 aliphatic rings. The van der Waals surface area contributed by atoms with Gasteiger partial charge in [0.1, 0.15) is 5.82 Å². The lowest BCUT2D eigenvalue weighted by Gasteiger charge is -2.07. The van der Waals surface area contributed by atoms with Crippen LogP contribution in [0.1, 0.15) is 22.5 Å². The van der Waals surface area contributed by atoms with Gasteiger partial charge < -0.3 is 5.32 Å². The third-order valence-electron chi connectivity index (χ3n) is 3.53. The summed E-state index contributed by atoms with van der Waals surface area (Å²) in [5.74, 6) is -0.172. The first kappa shape index (κ1) is 15.2. The monoisotopic (exact) mass is 339 g/mol. The molecule has 3 nitrogen and oxygen atoms in total. The van der Waals surface area contributed by atoms with Crippen LogP contribution >= 0.6 is 15.9 Å². The third-order valence-corrected chi connectivity index (χ3v) is 4.03. The zero-order valence-electron chi connectivity index (χ0n) is 12.0. The van der Waals surface area contributed by atoms with Gasteiger partial charge in [-0.3, -0.25) is 4.68 Å². The number of rotatable bonds is 5. The number of hydrogen-bond acceptors (Lipinski definition) is 2. The summed E-state index contributed by atoms with van der Waals surface area (Å²) in [6.45, 7) is 5.43. The van der Waals surface area contributed by atoms with Gasteiger partial charge in [-0.1, -0.05) is 15.9 Å². The molecule has 0 aliphatic carbocycles. The molecular formula is C15H19BrFN3. The molecule has 0 unspecified atom stereocenters. The van der Waals surface area contributed by atoms with E-state index in [9.17, 15) is 4.39 Å². The van der Waals surface area contributed by atoms with Gasteiger partial charge in [0, 0.05) is 29.3 Å². The quantitative estimate of drug-likeness (QED) is 0.847. The summed E-state index contributed by atoms with van der Waals surface area (Å²) in [6.07, 6.45) is 0.904. The molecule has 0 saturated carbocycles. The molecule has 108 valence electrons. The third kappa shape index (κ3) is 3.46. The number of nitrogens with zero attached hydrogens (tertiary/aromatic N) is 2. The van der Waals surface area contributed by atoms with E-state index >= 15 is 0 Å². The maximum absolute atomic E-state index is 13.6. The van der Waals surface area contributed by atoms with Gasteiger partial charge in [-0.15, -0.1) is 0 Å². The van der Waals surface area contributed by atoms with Crippen LogP contribution in [0.5, 0.6) is 0 Å². The molecule has 2 aromatic rings. The van der Waals surface area contributed by atoms with Crippen molar-refractivity contribution >= 4 is 15.9 Å². The second-order valence-corrected chi connectivity index (χ2v) is 5.85. The van der Waals surface area contributed by atoms with E-state index in [0.717, 1.165) is 23.1 Å². The number of benzene rings is 1. The zero-order valence-corrected chi connectivity index (χ0v) is 13.6. The number of aromatic nitrogens is 2. The molecule has 0 spiro atoms. The molecule has 1 N–H and O–H groups in total. The fourth-order valence-corrected chi connectivity index (χ4v) is 2.70. The van der Waals surface area contributed by atoms with Crippen molar-refractivity contribution in [2.24, 2.45) is 7.05 Å². The average Bonchev–Trinajstić information content (AvgIpc) is 2.64. The van der Waals surface area contributed by atoms with E-state index < -0.39 is 0 Å². The molecule has 1 aromatic carbocycles. The summed E-state index contributed by atoms with van der Waals surface area (Å²) in [5, 5.41) is 7.68. The van der Waals surface area contributed by atoms with Crippen LogP contribution in [0, 0.1) is 19.7 Å². The van der Waals surface area contributed by atoms with E-state index in [2.05, 4.69) is 33.3 Å². The minimum Gasteiger partial charge on any atom is -0.312 e. The summed E-state index contributed by atoms with van der Waals surface area (Å²) in [6, 6.07) is 5.00. The maximum atomic E-state index is 13.6. The molecule has 0 radical (unpaired) electrons. The summed E-state index contributed by atoms with van der Waals surface area (Å²) >= 11 is 3.36. The minimum atomic E-state index is -0.172. The highest BCUT2D eigenvalue weighted by Gasteiger charge is 2.08. The van der Waals surface area contributed by atoms with Gasteiger partial charge in [-0.2, -0.15) is 5.10 Å². The van der Waals surface area contributed by atoms with E-state index in [0.29, 0.717) is 12.1 Å². The smallest absolute Gasteiger partial charge is 0.127 e. The maximum Gasteiger partial charge on any atom is 0.127 e. The Bertz CT molecular complexity index is 607. The molecule has 5 heteroatoms. The van der Waals surface area contributed by atoms with E-state index in [-0.39, 0.29) is 5.82 Å². The van der Waals surface area contributed by atoms with Crippen molar-refractivity contribution in [3.8, 4) is 0 Å². The van der Waals surface area contributed by atoms with Crippen molar-refractivity contribution in [3.05, 3.63) is 51.0 Å². The average molecular weight is 340 g/mol. The van der Waals surface area contributed by atoms with E-state index in [4.69, 9.17) is 0 Å². The largest absolute Gasteiger partial charge is 0.312 e. The van der Waals surface area contributed by atoms with Crippen LogP contribution in [0.25, 0.3) is 0 Å². The van der Waals surface area contributed by atoms with Crippen molar-refractivity contribution in [2.45, 2.75) is 26.8 Å². The standard InChI is InChI=1S/C15H19BrFN3/c1-10-14(11(2)20(3)19-10)6-7-18-9-12-8-13(16)4-5-15(12)17/h4-5,8,18H,6-7,9H2,1-3H3. The Labute approximate surface area is 127 Å². The molecule has 0 amide bonds. The summed E-state index contributed by atoms with van der Waals surface area (Å²) in [5.41, 5.74) is 4.21. The van der Waals surface area contributed by atoms with Crippen LogP contribution in [0.3, 0.4) is 0 Å². The van der Waals surface area contributed by atoms with Gasteiger partial charge in [-0.25, -0.2) is 4.39 Å². The van der Waals surface area contributed by atoms with Gasteiger partial charge in [-0.05, 0) is 50.6 Å². The Morgan fingerprint density at radius 1 is 1.35 bits per heavy atom. The second kappa shape index (κ2) is 6.50. The first-order chi connectivity index (χ1) is 9.49. The van der Waals surface area contributed by atoms with Crippen molar-refractivity contribution in [2.75, 3.05) is 6.54 Å². The lowest BCUT2D eigenvalue weighted by atomic mass is 10.1. The van der Waals surface area contributed by atoms with Crippen molar-refractivity contribution in [3.63, 3.8) is 0 Å². The Kier molecular flexibility index (Phi) is 4.94. The molecule has 0 aliphatic heterocycles. The number of aryl methyl sites for hydroxylation is 2. The van der Waals surface area contributed by atoms with Crippen LogP contribution in [-0.2, 0) is 20.0 Å². The van der Waals surface area contributed by atoms with Gasteiger partial charge in [0.2, 0.25) is 0 Å². The van der Waals surface area contributed by atoms with Gasteiger partial charge in [0.15, 0.2) is 0 Å². The summed E-state index contributed by atoms with van der Waals surface area (Å²) in [4.78, 5) is 0. The van der Waals surface area contributed by atoms with E-state index in [1.807, 2.05) is 24.7 Å². The zero-order chi connectivity index (χ0) is 14.7. The van der Waals surface area contributed by atoms with Crippen LogP contribution in [-0.4, -0.2) is 16.3 Å². The molecule has 1 aromatic heterocycles. The van der Waals surface area contributed by atoms with Crippen LogP contribution < -0.4 is 5.32 Å². The highest BCUT2D eigenvalue weighted by molar-refractivity contribution is 9.10. The van der Waals surface area contributed by atoms with Gasteiger partial charge in [0.05, 0.1) is 5.69 Å². The normalized spacial score (nSPS) is 11.1. The molecule has 1 heterocycles. The van der Waals surface area contributed by atoms with Crippen LogP contribution in [0.15, 0.2) is 22.7 Å². The van der Waals surface area contributed by atoms with Crippen LogP contribution in [0.4, 0.5) is 4.39 Å². The van der Waals surface area contributed by atoms with E-state index in [1.54, 1.807) is 6.07 Å². The molecule has 0 bridgehead atoms. The fraction of sp³-hybridized carbons (Fsp3) is 0.400. The van der Waals surface area contributed by atoms with Crippen LogP contribution in [0.2, 0.25) is 0 Å². The molecule has 0 fully saturated rings. The first-order valence-corrected chi connectivity index (χ1v) is 7.42. The van der Waals surface area contributed by atoms with Gasteiger partial charge >= 0.3 is 0 Å². The number of nitrogens with one attached hydrogen (secondary N) is 1. The minimum absolute atomic E-state index is 0.172. The van der Waals surface area contributed by atoms with Gasteiger partial charge in [0.25, 0.3) is 0 Å². The second-order valence-electron chi connectivity index (χ2n) is 4.94. The Balaban J connectivity index is 1.89. The molecular weight excluding hydrogens is 321 g/mol. The molecule has 20 heavy (non-hydrogen) atoms. The number of halogens is 2. The van der Waals surface area contributed by atoms with E-state index in [1.165, 1.54) is 17.3 Å². The first-order valence-electron chi connectivity index (χ1n) is 6.62. The Morgan fingerprint density at radius 3 is 2.75 bits per heavy atom. The summed E-state index contributed by atoms with van der Waals surface area (Å²) < 4.78 is 16.4. The fourth-order valence-electron chi connectivity index (χ4n) is 2.29. The Hall–Kier alpha value is -1.20. The van der Waals surface area contributed by atoms with Crippen molar-refractivity contribution in [1.29, 1.82) is 0 Å². The summed E-state index contributed by atoms with van der Waals surface area (Å²) in [7, 11) is 1.95. The Morgan fingerprint density at radius 2 is 2.10 bits per heavy atom. The lowest BCUT2D eigenvalue weighted by Crippen LogP contribution is -2.18. The number of hydrogen-bond donors (Lipinski definition) is 1. The van der Waals surface area contributed by atoms with Crippen molar-refractivity contribution < 1.29 is 4.39 Å². The molecule has 0 saturated heterocycles. The molecule has 0 atom stereocenters. The lowest BCUT2D eigenvalue weighted by molar-refractivity contribution is 0.587. The predicted molar refractivity (Wildman–Crippen MR) is 82.2 cm³/mol. The highest BCUT2D eigenvalue weighted by Crippen LogP contribution is 2.15. The molecule has 2 rings (SSSR count). The topological polar surface area (TPSA) is 29.9 Å². The SMILES string of the molecule is Cc1nn(C)c(C)c1CCNCc1cc(Br)ccc1F. The van der Waals surface area contributed by atoms with Crippen molar-refractivity contribution in [1.82, 2.24) is 15.1 Å². The predicted octanol–water partition coefficient (Wildman–Crippen LogP) is 3.27. The highest BCUT2D eigenvalue weighted by atomic mass is 79.9.